The van der Waals surface area contributed by atoms with E-state index in [4.69, 9.17) is 4.74 Å². The number of methoxy groups -OCH3 is 1. The Hall–Kier alpha value is -1.51. The lowest BCUT2D eigenvalue weighted by Gasteiger charge is -2.46. The number of nitrogens with one attached hydrogen (secondary N) is 1. The number of aryl methyl sites for hydroxylation is 1. The molecule has 2 rings (SSSR count). The van der Waals surface area contributed by atoms with E-state index < -0.39 is 5.54 Å². The van der Waals surface area contributed by atoms with E-state index >= 15 is 0 Å². The van der Waals surface area contributed by atoms with Crippen LogP contribution in [0.2, 0.25) is 0 Å². The molecule has 0 bridgehead atoms. The number of anilines is 1. The summed E-state index contributed by atoms with van der Waals surface area (Å²) in [5, 5.41) is 3.48. The van der Waals surface area contributed by atoms with E-state index in [0.717, 1.165) is 24.9 Å². The SMILES string of the molecule is COC(=O)C1(Nc2ccc(C)cc2)CC(C)CC(C)(C)C1. The lowest BCUT2D eigenvalue weighted by atomic mass is 9.64. The summed E-state index contributed by atoms with van der Waals surface area (Å²) in [6.07, 6.45) is 2.75. The summed E-state index contributed by atoms with van der Waals surface area (Å²) >= 11 is 0. The molecule has 1 saturated carbocycles. The van der Waals surface area contributed by atoms with Gasteiger partial charge in [-0.25, -0.2) is 4.79 Å². The van der Waals surface area contributed by atoms with Crippen molar-refractivity contribution in [2.75, 3.05) is 12.4 Å². The number of carbonyl (C=O) groups excluding carboxylic acids is 1. The van der Waals surface area contributed by atoms with Gasteiger partial charge >= 0.3 is 5.97 Å². The first kappa shape index (κ1) is 15.9. The van der Waals surface area contributed by atoms with E-state index in [1.54, 1.807) is 0 Å². The molecule has 1 aromatic carbocycles. The third-order valence-corrected chi connectivity index (χ3v) is 4.39. The van der Waals surface area contributed by atoms with Crippen LogP contribution in [0.4, 0.5) is 5.69 Å². The summed E-state index contributed by atoms with van der Waals surface area (Å²) < 4.78 is 5.13. The number of hydrogen-bond donors (Lipinski definition) is 1. The monoisotopic (exact) mass is 289 g/mol. The van der Waals surface area contributed by atoms with E-state index in [2.05, 4.69) is 45.1 Å². The molecular formula is C18H27NO2. The van der Waals surface area contributed by atoms with Crippen LogP contribution in [0.3, 0.4) is 0 Å². The summed E-state index contributed by atoms with van der Waals surface area (Å²) in [5.41, 5.74) is 1.70. The zero-order valence-corrected chi connectivity index (χ0v) is 13.8. The van der Waals surface area contributed by atoms with E-state index in [0.29, 0.717) is 5.92 Å². The fraction of sp³-hybridized carbons (Fsp3) is 0.611. The van der Waals surface area contributed by atoms with Crippen molar-refractivity contribution >= 4 is 11.7 Å². The second-order valence-corrected chi connectivity index (χ2v) is 7.42. The molecule has 0 spiro atoms. The highest BCUT2D eigenvalue weighted by Crippen LogP contribution is 2.45. The minimum absolute atomic E-state index is 0.129. The number of ether oxygens (including phenoxy) is 1. The van der Waals surface area contributed by atoms with Gasteiger partial charge in [0, 0.05) is 5.69 Å². The van der Waals surface area contributed by atoms with E-state index in [1.807, 2.05) is 12.1 Å². The second kappa shape index (κ2) is 5.70. The van der Waals surface area contributed by atoms with Gasteiger partial charge in [-0.05, 0) is 49.7 Å². The van der Waals surface area contributed by atoms with Crippen LogP contribution in [0, 0.1) is 18.3 Å². The zero-order chi connectivity index (χ0) is 15.7. The largest absolute Gasteiger partial charge is 0.467 e. The number of benzene rings is 1. The molecule has 3 heteroatoms. The van der Waals surface area contributed by atoms with Crippen molar-refractivity contribution in [1.29, 1.82) is 0 Å². The topological polar surface area (TPSA) is 38.3 Å². The molecule has 1 fully saturated rings. The molecule has 1 aromatic rings. The van der Waals surface area contributed by atoms with Crippen molar-refractivity contribution in [3.05, 3.63) is 29.8 Å². The predicted octanol–water partition coefficient (Wildman–Crippen LogP) is 4.16. The molecule has 0 heterocycles. The molecule has 0 amide bonds. The lowest BCUT2D eigenvalue weighted by Crippen LogP contribution is -2.54. The maximum absolute atomic E-state index is 12.5. The number of rotatable bonds is 3. The first-order valence-corrected chi connectivity index (χ1v) is 7.70. The Balaban J connectivity index is 2.33. The fourth-order valence-corrected chi connectivity index (χ4v) is 3.98. The van der Waals surface area contributed by atoms with Crippen LogP contribution in [-0.4, -0.2) is 18.6 Å². The van der Waals surface area contributed by atoms with Gasteiger partial charge in [0.2, 0.25) is 0 Å². The van der Waals surface area contributed by atoms with Crippen LogP contribution in [0.5, 0.6) is 0 Å². The molecule has 0 aromatic heterocycles. The van der Waals surface area contributed by atoms with Gasteiger partial charge in [-0.15, -0.1) is 0 Å². The summed E-state index contributed by atoms with van der Waals surface area (Å²) in [6.45, 7) is 8.75. The average molecular weight is 289 g/mol. The van der Waals surface area contributed by atoms with E-state index in [1.165, 1.54) is 12.7 Å². The van der Waals surface area contributed by atoms with Crippen LogP contribution < -0.4 is 5.32 Å². The molecule has 1 aliphatic carbocycles. The highest BCUT2D eigenvalue weighted by atomic mass is 16.5. The van der Waals surface area contributed by atoms with Gasteiger partial charge in [0.25, 0.3) is 0 Å². The Labute approximate surface area is 128 Å². The highest BCUT2D eigenvalue weighted by Gasteiger charge is 2.48. The van der Waals surface area contributed by atoms with Crippen molar-refractivity contribution in [2.24, 2.45) is 11.3 Å². The van der Waals surface area contributed by atoms with Gasteiger partial charge < -0.3 is 10.1 Å². The molecule has 2 atom stereocenters. The fourth-order valence-electron chi connectivity index (χ4n) is 3.98. The van der Waals surface area contributed by atoms with E-state index in [-0.39, 0.29) is 11.4 Å². The Morgan fingerprint density at radius 3 is 2.38 bits per heavy atom. The molecule has 21 heavy (non-hydrogen) atoms. The number of esters is 1. The molecule has 0 saturated heterocycles. The Morgan fingerprint density at radius 2 is 1.86 bits per heavy atom. The summed E-state index contributed by atoms with van der Waals surface area (Å²) in [4.78, 5) is 12.5. The second-order valence-electron chi connectivity index (χ2n) is 7.42. The van der Waals surface area contributed by atoms with Crippen LogP contribution in [0.1, 0.15) is 45.6 Å². The van der Waals surface area contributed by atoms with Crippen molar-refractivity contribution < 1.29 is 9.53 Å². The molecule has 0 radical (unpaired) electrons. The van der Waals surface area contributed by atoms with Gasteiger partial charge in [0.15, 0.2) is 0 Å². The molecule has 2 unspecified atom stereocenters. The van der Waals surface area contributed by atoms with Gasteiger partial charge in [0.1, 0.15) is 5.54 Å². The number of hydrogen-bond acceptors (Lipinski definition) is 3. The molecule has 116 valence electrons. The molecule has 1 aliphatic rings. The van der Waals surface area contributed by atoms with Crippen LogP contribution in [0.15, 0.2) is 24.3 Å². The number of carbonyl (C=O) groups is 1. The Bertz CT molecular complexity index is 506. The minimum Gasteiger partial charge on any atom is -0.467 e. The Morgan fingerprint density at radius 1 is 1.24 bits per heavy atom. The van der Waals surface area contributed by atoms with Crippen molar-refractivity contribution in [2.45, 2.75) is 52.5 Å². The maximum Gasteiger partial charge on any atom is 0.331 e. The van der Waals surface area contributed by atoms with Crippen LogP contribution in [-0.2, 0) is 9.53 Å². The molecule has 0 aliphatic heterocycles. The predicted molar refractivity (Wildman–Crippen MR) is 86.3 cm³/mol. The first-order valence-electron chi connectivity index (χ1n) is 7.70. The lowest BCUT2D eigenvalue weighted by molar-refractivity contribution is -0.149. The highest BCUT2D eigenvalue weighted by molar-refractivity contribution is 5.85. The van der Waals surface area contributed by atoms with Gasteiger partial charge in [-0.2, -0.15) is 0 Å². The first-order chi connectivity index (χ1) is 9.76. The molecular weight excluding hydrogens is 262 g/mol. The van der Waals surface area contributed by atoms with Gasteiger partial charge in [0.05, 0.1) is 7.11 Å². The minimum atomic E-state index is -0.620. The summed E-state index contributed by atoms with van der Waals surface area (Å²) in [6, 6.07) is 8.19. The quantitative estimate of drug-likeness (QED) is 0.849. The summed E-state index contributed by atoms with van der Waals surface area (Å²) in [5.74, 6) is 0.341. The van der Waals surface area contributed by atoms with Crippen molar-refractivity contribution in [3.8, 4) is 0 Å². The van der Waals surface area contributed by atoms with Crippen LogP contribution in [0.25, 0.3) is 0 Å². The van der Waals surface area contributed by atoms with Gasteiger partial charge in [-0.3, -0.25) is 0 Å². The summed E-state index contributed by atoms with van der Waals surface area (Å²) in [7, 11) is 1.48. The van der Waals surface area contributed by atoms with Crippen molar-refractivity contribution in [1.82, 2.24) is 0 Å². The third kappa shape index (κ3) is 3.58. The average Bonchev–Trinajstić information content (AvgIpc) is 2.38. The maximum atomic E-state index is 12.5. The standard InChI is InChI=1S/C18H27NO2/c1-13-6-8-15(9-7-13)19-18(16(20)21-5)11-14(2)10-17(3,4)12-18/h6-9,14,19H,10-12H2,1-5H3. The Kier molecular flexibility index (Phi) is 4.31. The van der Waals surface area contributed by atoms with Crippen LogP contribution >= 0.6 is 0 Å². The zero-order valence-electron chi connectivity index (χ0n) is 13.8. The smallest absolute Gasteiger partial charge is 0.331 e. The third-order valence-electron chi connectivity index (χ3n) is 4.39. The molecule has 1 N–H and O–H groups in total. The molecule has 3 nitrogen and oxygen atoms in total. The normalized spacial score (nSPS) is 28.0. The van der Waals surface area contributed by atoms with Gasteiger partial charge in [-0.1, -0.05) is 38.5 Å². The van der Waals surface area contributed by atoms with E-state index in [9.17, 15) is 4.79 Å². The van der Waals surface area contributed by atoms with Crippen molar-refractivity contribution in [3.63, 3.8) is 0 Å².